The van der Waals surface area contributed by atoms with Gasteiger partial charge in [0.2, 0.25) is 0 Å². The largest absolute Gasteiger partial charge is 0.378 e. The molecule has 1 heterocycles. The number of ether oxygens (including phenoxy) is 1. The Kier molecular flexibility index (Phi) is 6.73. The Morgan fingerprint density at radius 1 is 0.964 bits per heavy atom. The zero-order chi connectivity index (χ0) is 19.8. The van der Waals surface area contributed by atoms with Gasteiger partial charge >= 0.3 is 0 Å². The lowest BCUT2D eigenvalue weighted by Crippen LogP contribution is -2.36. The van der Waals surface area contributed by atoms with Crippen LogP contribution in [0.2, 0.25) is 0 Å². The number of ketones is 1. The molecule has 0 aromatic heterocycles. The number of hydrogen-bond acceptors (Lipinski definition) is 5. The summed E-state index contributed by atoms with van der Waals surface area (Å²) in [5.74, 6) is -0.675. The smallest absolute Gasteiger partial charge is 0.267 e. The first kappa shape index (κ1) is 19.5. The van der Waals surface area contributed by atoms with Gasteiger partial charge in [-0.2, -0.15) is 0 Å². The lowest BCUT2D eigenvalue weighted by Gasteiger charge is -2.28. The number of nitrogens with zero attached hydrogens (tertiary/aromatic N) is 1. The number of allylic oxidation sites excluding steroid dienone is 1. The van der Waals surface area contributed by atoms with Crippen LogP contribution in [0.15, 0.2) is 60.7 Å². The van der Waals surface area contributed by atoms with Crippen molar-refractivity contribution in [2.45, 2.75) is 0 Å². The number of rotatable bonds is 6. The minimum atomic E-state index is -0.600. The maximum absolute atomic E-state index is 12.4. The van der Waals surface area contributed by atoms with Gasteiger partial charge in [-0.1, -0.05) is 24.3 Å². The number of benzene rings is 2. The molecule has 2 aromatic rings. The summed E-state index contributed by atoms with van der Waals surface area (Å²) < 4.78 is 5.36. The van der Waals surface area contributed by atoms with Crippen LogP contribution in [-0.2, 0) is 9.53 Å². The van der Waals surface area contributed by atoms with E-state index in [4.69, 9.17) is 9.94 Å². The molecule has 2 N–H and O–H groups in total. The van der Waals surface area contributed by atoms with Crippen molar-refractivity contribution >= 4 is 29.5 Å². The number of hydroxylamine groups is 1. The van der Waals surface area contributed by atoms with Crippen LogP contribution < -0.4 is 10.4 Å². The molecule has 0 saturated carbocycles. The van der Waals surface area contributed by atoms with Gasteiger partial charge in [0, 0.05) is 30.4 Å². The monoisotopic (exact) mass is 378 g/mol. The van der Waals surface area contributed by atoms with Crippen LogP contribution in [0.3, 0.4) is 0 Å². The average Bonchev–Trinajstić information content (AvgIpc) is 2.76. The number of carbonyl (C=O) groups excluding carboxylic acids is 2. The van der Waals surface area contributed by atoms with Crippen molar-refractivity contribution in [3.05, 3.63) is 77.4 Å². The van der Waals surface area contributed by atoms with E-state index in [1.807, 2.05) is 48.5 Å². The minimum Gasteiger partial charge on any atom is -0.378 e. The Balaban J connectivity index is 1.64. The molecule has 6 heteroatoms. The van der Waals surface area contributed by atoms with Crippen LogP contribution in [0.25, 0.3) is 12.2 Å². The van der Waals surface area contributed by atoms with Gasteiger partial charge in [0.15, 0.2) is 5.78 Å². The second kappa shape index (κ2) is 9.64. The molecule has 0 unspecified atom stereocenters. The highest BCUT2D eigenvalue weighted by Crippen LogP contribution is 2.17. The van der Waals surface area contributed by atoms with Crippen LogP contribution in [-0.4, -0.2) is 43.2 Å². The maximum atomic E-state index is 12.4. The van der Waals surface area contributed by atoms with Crippen molar-refractivity contribution < 1.29 is 19.5 Å². The Hall–Kier alpha value is -3.22. The molecule has 1 saturated heterocycles. The average molecular weight is 378 g/mol. The Morgan fingerprint density at radius 3 is 2.25 bits per heavy atom. The lowest BCUT2D eigenvalue weighted by atomic mass is 10.1. The Bertz CT molecular complexity index is 882. The maximum Gasteiger partial charge on any atom is 0.267 e. The molecular formula is C22H22N2O4. The topological polar surface area (TPSA) is 78.9 Å². The molecule has 1 fully saturated rings. The van der Waals surface area contributed by atoms with E-state index in [-0.39, 0.29) is 5.78 Å². The van der Waals surface area contributed by atoms with Gasteiger partial charge in [-0.15, -0.1) is 0 Å². The first-order chi connectivity index (χ1) is 13.7. The van der Waals surface area contributed by atoms with Crippen LogP contribution in [0.5, 0.6) is 0 Å². The number of nitrogens with one attached hydrogen (secondary N) is 1. The predicted molar refractivity (Wildman–Crippen MR) is 108 cm³/mol. The zero-order valence-electron chi connectivity index (χ0n) is 15.4. The molecule has 0 atom stereocenters. The van der Waals surface area contributed by atoms with E-state index in [0.29, 0.717) is 5.56 Å². The Labute approximate surface area is 163 Å². The zero-order valence-corrected chi connectivity index (χ0v) is 15.4. The number of amides is 1. The standard InChI is InChI=1S/C22H22N2O4/c25-21(19-6-8-20(9-7-19)24-12-14-28-15-13-24)10-4-17-2-1-3-18(16-17)5-11-22(26)23-27/h1-11,16,27H,12-15H2,(H,23,26)/b10-4+,11-5+. The first-order valence-corrected chi connectivity index (χ1v) is 9.03. The fraction of sp³-hybridized carbons (Fsp3) is 0.182. The van der Waals surface area contributed by atoms with Crippen molar-refractivity contribution in [3.63, 3.8) is 0 Å². The number of morpholine rings is 1. The van der Waals surface area contributed by atoms with E-state index >= 15 is 0 Å². The molecule has 3 rings (SSSR count). The second-order valence-corrected chi connectivity index (χ2v) is 6.32. The molecule has 1 amide bonds. The highest BCUT2D eigenvalue weighted by molar-refractivity contribution is 6.07. The number of carbonyl (C=O) groups is 2. The van der Waals surface area contributed by atoms with E-state index in [1.54, 1.807) is 12.2 Å². The summed E-state index contributed by atoms with van der Waals surface area (Å²) in [6.45, 7) is 3.17. The van der Waals surface area contributed by atoms with Gasteiger partial charge in [-0.3, -0.25) is 14.8 Å². The first-order valence-electron chi connectivity index (χ1n) is 9.03. The fourth-order valence-corrected chi connectivity index (χ4v) is 2.90. The summed E-state index contributed by atoms with van der Waals surface area (Å²) in [5.41, 5.74) is 4.88. The second-order valence-electron chi connectivity index (χ2n) is 6.32. The summed E-state index contributed by atoms with van der Waals surface area (Å²) in [4.78, 5) is 25.7. The van der Waals surface area contributed by atoms with Crippen molar-refractivity contribution in [1.82, 2.24) is 5.48 Å². The molecule has 2 aromatic carbocycles. The van der Waals surface area contributed by atoms with Crippen molar-refractivity contribution in [1.29, 1.82) is 0 Å². The normalized spacial score (nSPS) is 14.5. The molecule has 0 spiro atoms. The van der Waals surface area contributed by atoms with Crippen molar-refractivity contribution in [2.75, 3.05) is 31.2 Å². The van der Waals surface area contributed by atoms with Gasteiger partial charge in [0.1, 0.15) is 0 Å². The van der Waals surface area contributed by atoms with E-state index in [0.717, 1.165) is 43.1 Å². The summed E-state index contributed by atoms with van der Waals surface area (Å²) in [7, 11) is 0. The molecule has 0 aliphatic carbocycles. The molecule has 144 valence electrons. The summed E-state index contributed by atoms with van der Waals surface area (Å²) in [5, 5.41) is 8.50. The quantitative estimate of drug-likeness (QED) is 0.350. The van der Waals surface area contributed by atoms with Gasteiger partial charge in [-0.25, -0.2) is 5.48 Å². The predicted octanol–water partition coefficient (Wildman–Crippen LogP) is 2.94. The molecule has 1 aliphatic heterocycles. The molecule has 6 nitrogen and oxygen atoms in total. The van der Waals surface area contributed by atoms with Crippen LogP contribution >= 0.6 is 0 Å². The highest BCUT2D eigenvalue weighted by Gasteiger charge is 2.11. The van der Waals surface area contributed by atoms with Gasteiger partial charge < -0.3 is 9.64 Å². The van der Waals surface area contributed by atoms with E-state index in [1.165, 1.54) is 17.6 Å². The van der Waals surface area contributed by atoms with Crippen LogP contribution in [0.4, 0.5) is 5.69 Å². The van der Waals surface area contributed by atoms with Gasteiger partial charge in [0.05, 0.1) is 13.2 Å². The van der Waals surface area contributed by atoms with E-state index in [9.17, 15) is 9.59 Å². The summed E-state index contributed by atoms with van der Waals surface area (Å²) in [6.07, 6.45) is 6.08. The third-order valence-electron chi connectivity index (χ3n) is 4.40. The van der Waals surface area contributed by atoms with Gasteiger partial charge in [-0.05, 0) is 53.6 Å². The van der Waals surface area contributed by atoms with Crippen molar-refractivity contribution in [2.24, 2.45) is 0 Å². The van der Waals surface area contributed by atoms with Crippen LogP contribution in [0.1, 0.15) is 21.5 Å². The minimum absolute atomic E-state index is 0.0749. The summed E-state index contributed by atoms with van der Waals surface area (Å²) in [6, 6.07) is 15.0. The third kappa shape index (κ3) is 5.39. The van der Waals surface area contributed by atoms with Crippen LogP contribution in [0, 0.1) is 0 Å². The number of hydrogen-bond donors (Lipinski definition) is 2. The fourth-order valence-electron chi connectivity index (χ4n) is 2.90. The number of anilines is 1. The van der Waals surface area contributed by atoms with Crippen molar-refractivity contribution in [3.8, 4) is 0 Å². The summed E-state index contributed by atoms with van der Waals surface area (Å²) >= 11 is 0. The molecule has 0 bridgehead atoms. The van der Waals surface area contributed by atoms with Gasteiger partial charge in [0.25, 0.3) is 5.91 Å². The molecule has 1 aliphatic rings. The SMILES string of the molecule is O=C(/C=C/c1cccc(/C=C/C(=O)c2ccc(N3CCOCC3)cc2)c1)NO. The molecule has 0 radical (unpaired) electrons. The third-order valence-corrected chi connectivity index (χ3v) is 4.40. The van der Waals surface area contributed by atoms with E-state index < -0.39 is 5.91 Å². The molecular weight excluding hydrogens is 356 g/mol. The van der Waals surface area contributed by atoms with E-state index in [2.05, 4.69) is 4.90 Å². The Morgan fingerprint density at radius 2 is 1.61 bits per heavy atom. The lowest BCUT2D eigenvalue weighted by molar-refractivity contribution is -0.124. The molecule has 28 heavy (non-hydrogen) atoms. The highest BCUT2D eigenvalue weighted by atomic mass is 16.5.